The summed E-state index contributed by atoms with van der Waals surface area (Å²) in [5.74, 6) is 1.50. The summed E-state index contributed by atoms with van der Waals surface area (Å²) in [6, 6.07) is 1.94. The molecule has 0 bridgehead atoms. The van der Waals surface area contributed by atoms with E-state index in [1.807, 2.05) is 0 Å². The van der Waals surface area contributed by atoms with E-state index in [9.17, 15) is 0 Å². The highest BCUT2D eigenvalue weighted by molar-refractivity contribution is 5.34. The largest absolute Gasteiger partial charge is 0.481 e. The number of hydrogen-bond donors (Lipinski definition) is 1. The first-order valence-corrected chi connectivity index (χ1v) is 6.40. The molecule has 2 rings (SSSR count). The van der Waals surface area contributed by atoms with Crippen LogP contribution in [0.5, 0.6) is 11.8 Å². The summed E-state index contributed by atoms with van der Waals surface area (Å²) in [6.07, 6.45) is 1.85. The molecule has 1 saturated heterocycles. The maximum Gasteiger partial charge on any atom is 0.229 e. The Hall–Kier alpha value is -1.56. The molecule has 0 spiro atoms. The van der Waals surface area contributed by atoms with Gasteiger partial charge < -0.3 is 19.5 Å². The van der Waals surface area contributed by atoms with Crippen molar-refractivity contribution in [1.29, 1.82) is 0 Å². The molecule has 1 aliphatic rings. The van der Waals surface area contributed by atoms with Gasteiger partial charge in [-0.2, -0.15) is 9.97 Å². The average Bonchev–Trinajstić information content (AvgIpc) is 2.37. The first-order valence-electron chi connectivity index (χ1n) is 6.40. The van der Waals surface area contributed by atoms with Crippen LogP contribution in [0.25, 0.3) is 0 Å². The van der Waals surface area contributed by atoms with E-state index in [2.05, 4.69) is 29.1 Å². The van der Waals surface area contributed by atoms with Crippen molar-refractivity contribution in [2.45, 2.75) is 38.3 Å². The van der Waals surface area contributed by atoms with Crippen LogP contribution >= 0.6 is 0 Å². The molecule has 6 heteroatoms. The molecule has 1 fully saturated rings. The normalized spacial score (nSPS) is 21.8. The Bertz CT molecular complexity index is 415. The maximum atomic E-state index is 5.69. The molecule has 1 N–H and O–H groups in total. The van der Waals surface area contributed by atoms with Gasteiger partial charge in [-0.15, -0.1) is 0 Å². The summed E-state index contributed by atoms with van der Waals surface area (Å²) in [5.41, 5.74) is -0.112. The third kappa shape index (κ3) is 3.70. The number of anilines is 1. The zero-order valence-corrected chi connectivity index (χ0v) is 11.9. The first-order chi connectivity index (χ1) is 9.02. The molecule has 0 radical (unpaired) electrons. The lowest BCUT2D eigenvalue weighted by atomic mass is 9.94. The fourth-order valence-electron chi connectivity index (χ4n) is 2.22. The van der Waals surface area contributed by atoms with Crippen LogP contribution in [0.2, 0.25) is 0 Å². The van der Waals surface area contributed by atoms with Gasteiger partial charge in [-0.3, -0.25) is 0 Å². The van der Waals surface area contributed by atoms with Gasteiger partial charge in [-0.05, 0) is 26.7 Å². The highest BCUT2D eigenvalue weighted by atomic mass is 16.5. The van der Waals surface area contributed by atoms with Crippen LogP contribution in [0.4, 0.5) is 5.95 Å². The Morgan fingerprint density at radius 3 is 2.42 bits per heavy atom. The number of ether oxygens (including phenoxy) is 3. The number of nitrogens with zero attached hydrogens (tertiary/aromatic N) is 2. The van der Waals surface area contributed by atoms with Crippen molar-refractivity contribution in [3.05, 3.63) is 6.07 Å². The summed E-state index contributed by atoms with van der Waals surface area (Å²) < 4.78 is 16.0. The van der Waals surface area contributed by atoms with Gasteiger partial charge in [0, 0.05) is 12.6 Å². The minimum Gasteiger partial charge on any atom is -0.481 e. The van der Waals surface area contributed by atoms with Gasteiger partial charge in [-0.1, -0.05) is 0 Å². The fourth-order valence-corrected chi connectivity index (χ4v) is 2.22. The van der Waals surface area contributed by atoms with Gasteiger partial charge in [0.1, 0.15) is 0 Å². The van der Waals surface area contributed by atoms with E-state index in [0.717, 1.165) is 19.4 Å². The SMILES string of the molecule is COc1cc(OC)nc(NC2CCOC(C)(C)C2)n1. The van der Waals surface area contributed by atoms with Gasteiger partial charge in [0.25, 0.3) is 0 Å². The second kappa shape index (κ2) is 5.61. The van der Waals surface area contributed by atoms with E-state index in [1.165, 1.54) is 0 Å². The smallest absolute Gasteiger partial charge is 0.229 e. The Labute approximate surface area is 113 Å². The van der Waals surface area contributed by atoms with E-state index in [0.29, 0.717) is 23.8 Å². The molecular formula is C13H21N3O3. The topological polar surface area (TPSA) is 65.5 Å². The molecule has 6 nitrogen and oxygen atoms in total. The molecule has 1 atom stereocenters. The summed E-state index contributed by atoms with van der Waals surface area (Å²) in [4.78, 5) is 8.55. The third-order valence-electron chi connectivity index (χ3n) is 3.13. The number of rotatable bonds is 4. The fraction of sp³-hybridized carbons (Fsp3) is 0.692. The van der Waals surface area contributed by atoms with Crippen LogP contribution in [-0.2, 0) is 4.74 Å². The van der Waals surface area contributed by atoms with Gasteiger partial charge in [-0.25, -0.2) is 0 Å². The lowest BCUT2D eigenvalue weighted by Crippen LogP contribution is -2.40. The molecule has 0 amide bonds. The lowest BCUT2D eigenvalue weighted by molar-refractivity contribution is -0.0554. The molecule has 1 aliphatic heterocycles. The summed E-state index contributed by atoms with van der Waals surface area (Å²) in [5, 5.41) is 3.32. The predicted octanol–water partition coefficient (Wildman–Crippen LogP) is 1.86. The zero-order valence-electron chi connectivity index (χ0n) is 11.9. The van der Waals surface area contributed by atoms with Crippen molar-refractivity contribution >= 4 is 5.95 Å². The van der Waals surface area contributed by atoms with Crippen LogP contribution in [0, 0.1) is 0 Å². The average molecular weight is 267 g/mol. The summed E-state index contributed by atoms with van der Waals surface area (Å²) in [7, 11) is 3.15. The van der Waals surface area contributed by atoms with Crippen molar-refractivity contribution in [2.24, 2.45) is 0 Å². The quantitative estimate of drug-likeness (QED) is 0.898. The van der Waals surface area contributed by atoms with Crippen LogP contribution < -0.4 is 14.8 Å². The molecule has 0 aromatic carbocycles. The molecule has 106 valence electrons. The molecule has 19 heavy (non-hydrogen) atoms. The molecule has 1 aromatic heterocycles. The van der Waals surface area contributed by atoms with E-state index in [-0.39, 0.29) is 5.60 Å². The lowest BCUT2D eigenvalue weighted by Gasteiger charge is -2.35. The highest BCUT2D eigenvalue weighted by Crippen LogP contribution is 2.26. The molecule has 0 aliphatic carbocycles. The van der Waals surface area contributed by atoms with Gasteiger partial charge in [0.2, 0.25) is 17.7 Å². The van der Waals surface area contributed by atoms with Crippen molar-refractivity contribution in [1.82, 2.24) is 9.97 Å². The van der Waals surface area contributed by atoms with E-state index >= 15 is 0 Å². The molecule has 1 aromatic rings. The summed E-state index contributed by atoms with van der Waals surface area (Å²) >= 11 is 0. The number of methoxy groups -OCH3 is 2. The summed E-state index contributed by atoms with van der Waals surface area (Å²) in [6.45, 7) is 4.92. The van der Waals surface area contributed by atoms with Crippen LogP contribution in [0.3, 0.4) is 0 Å². The Balaban J connectivity index is 2.09. The first kappa shape index (κ1) is 13.9. The van der Waals surface area contributed by atoms with Crippen molar-refractivity contribution in [3.8, 4) is 11.8 Å². The zero-order chi connectivity index (χ0) is 13.9. The van der Waals surface area contributed by atoms with Gasteiger partial charge >= 0.3 is 0 Å². The van der Waals surface area contributed by atoms with E-state index in [1.54, 1.807) is 20.3 Å². The predicted molar refractivity (Wildman–Crippen MR) is 71.8 cm³/mol. The monoisotopic (exact) mass is 267 g/mol. The molecule has 2 heterocycles. The minimum absolute atomic E-state index is 0.112. The van der Waals surface area contributed by atoms with E-state index in [4.69, 9.17) is 14.2 Å². The minimum atomic E-state index is -0.112. The number of aromatic nitrogens is 2. The van der Waals surface area contributed by atoms with Gasteiger partial charge in [0.15, 0.2) is 0 Å². The van der Waals surface area contributed by atoms with Crippen molar-refractivity contribution in [2.75, 3.05) is 26.1 Å². The van der Waals surface area contributed by atoms with Crippen molar-refractivity contribution < 1.29 is 14.2 Å². The van der Waals surface area contributed by atoms with Gasteiger partial charge in [0.05, 0.1) is 25.9 Å². The second-order valence-electron chi connectivity index (χ2n) is 5.22. The van der Waals surface area contributed by atoms with Crippen molar-refractivity contribution in [3.63, 3.8) is 0 Å². The number of nitrogens with one attached hydrogen (secondary N) is 1. The standard InChI is InChI=1S/C13H21N3O3/c1-13(2)8-9(5-6-19-13)14-12-15-10(17-3)7-11(16-12)18-4/h7,9H,5-6,8H2,1-4H3,(H,14,15,16). The Morgan fingerprint density at radius 1 is 1.26 bits per heavy atom. The van der Waals surface area contributed by atoms with Crippen LogP contribution in [0.1, 0.15) is 26.7 Å². The molecule has 1 unspecified atom stereocenters. The Morgan fingerprint density at radius 2 is 1.89 bits per heavy atom. The second-order valence-corrected chi connectivity index (χ2v) is 5.22. The third-order valence-corrected chi connectivity index (χ3v) is 3.13. The molecule has 0 saturated carbocycles. The van der Waals surface area contributed by atoms with Crippen LogP contribution in [0.15, 0.2) is 6.07 Å². The van der Waals surface area contributed by atoms with E-state index < -0.39 is 0 Å². The van der Waals surface area contributed by atoms with Crippen LogP contribution in [-0.4, -0.2) is 42.4 Å². The maximum absolute atomic E-state index is 5.69. The Kier molecular flexibility index (Phi) is 4.09. The number of hydrogen-bond acceptors (Lipinski definition) is 6. The molecular weight excluding hydrogens is 246 g/mol. The highest BCUT2D eigenvalue weighted by Gasteiger charge is 2.29.